The average molecular weight is 317 g/mol. The van der Waals surface area contributed by atoms with Gasteiger partial charge in [-0.15, -0.1) is 11.3 Å². The Morgan fingerprint density at radius 3 is 2.59 bits per heavy atom. The van der Waals surface area contributed by atoms with Gasteiger partial charge in [0.1, 0.15) is 9.84 Å². The van der Waals surface area contributed by atoms with Gasteiger partial charge in [-0.2, -0.15) is 0 Å². The molecule has 17 heavy (non-hydrogen) atoms. The maximum atomic E-state index is 11.0. The van der Waals surface area contributed by atoms with E-state index in [0.717, 1.165) is 5.56 Å². The molecule has 0 aliphatic carbocycles. The highest BCUT2D eigenvalue weighted by Gasteiger charge is 2.17. The molecule has 0 amide bonds. The van der Waals surface area contributed by atoms with Crippen LogP contribution in [0.3, 0.4) is 0 Å². The van der Waals surface area contributed by atoms with Crippen LogP contribution in [-0.2, 0) is 9.84 Å². The van der Waals surface area contributed by atoms with Gasteiger partial charge in [0.25, 0.3) is 0 Å². The van der Waals surface area contributed by atoms with Crippen molar-refractivity contribution in [2.45, 2.75) is 18.9 Å². The van der Waals surface area contributed by atoms with Crippen molar-refractivity contribution < 1.29 is 8.42 Å². The van der Waals surface area contributed by atoms with Gasteiger partial charge in [-0.3, -0.25) is 11.3 Å². The van der Waals surface area contributed by atoms with Crippen LogP contribution in [0, 0.1) is 0 Å². The smallest absolute Gasteiger partial charge is 0.147 e. The lowest BCUT2D eigenvalue weighted by atomic mass is 10.1. The highest BCUT2D eigenvalue weighted by atomic mass is 35.5. The number of thiophene rings is 1. The van der Waals surface area contributed by atoms with Crippen LogP contribution in [0.15, 0.2) is 6.07 Å². The monoisotopic (exact) mass is 316 g/mol. The van der Waals surface area contributed by atoms with Crippen molar-refractivity contribution in [3.63, 3.8) is 0 Å². The third kappa shape index (κ3) is 5.11. The molecule has 1 aromatic rings. The number of hydrogen-bond donors (Lipinski definition) is 2. The van der Waals surface area contributed by atoms with Crippen LogP contribution in [0.2, 0.25) is 8.67 Å². The van der Waals surface area contributed by atoms with Gasteiger partial charge in [-0.05, 0) is 18.9 Å². The summed E-state index contributed by atoms with van der Waals surface area (Å²) in [6, 6.07) is 1.58. The number of sulfone groups is 1. The predicted molar refractivity (Wildman–Crippen MR) is 73.3 cm³/mol. The Balaban J connectivity index is 2.63. The fourth-order valence-corrected chi connectivity index (χ4v) is 3.74. The quantitative estimate of drug-likeness (QED) is 0.624. The van der Waals surface area contributed by atoms with E-state index < -0.39 is 9.84 Å². The predicted octanol–water partition coefficient (Wildman–Crippen LogP) is 2.38. The standard InChI is InChI=1S/C9H14Cl2N2O2S2/c1-17(14,15)4-2-3-7(13-12)6-5-8(10)16-9(6)11/h5,7,13H,2-4,12H2,1H3. The molecule has 1 aromatic heterocycles. The van der Waals surface area contributed by atoms with Gasteiger partial charge in [0, 0.05) is 23.6 Å². The average Bonchev–Trinajstić information content (AvgIpc) is 2.51. The summed E-state index contributed by atoms with van der Waals surface area (Å²) in [4.78, 5) is 0. The second kappa shape index (κ2) is 6.36. The fraction of sp³-hybridized carbons (Fsp3) is 0.556. The molecule has 0 aliphatic rings. The summed E-state index contributed by atoms with van der Waals surface area (Å²) < 4.78 is 23.2. The molecule has 3 N–H and O–H groups in total. The molecule has 0 aliphatic heterocycles. The molecule has 0 saturated heterocycles. The zero-order valence-corrected chi connectivity index (χ0v) is 12.4. The van der Waals surface area contributed by atoms with Crippen LogP contribution >= 0.6 is 34.5 Å². The van der Waals surface area contributed by atoms with E-state index in [1.807, 2.05) is 0 Å². The Bertz CT molecular complexity index is 473. The highest BCUT2D eigenvalue weighted by molar-refractivity contribution is 7.90. The first-order valence-electron chi connectivity index (χ1n) is 4.92. The number of halogens is 2. The van der Waals surface area contributed by atoms with Crippen molar-refractivity contribution in [3.05, 3.63) is 20.3 Å². The molecule has 1 unspecified atom stereocenters. The largest absolute Gasteiger partial charge is 0.271 e. The molecule has 98 valence electrons. The lowest BCUT2D eigenvalue weighted by Gasteiger charge is -2.14. The molecule has 4 nitrogen and oxygen atoms in total. The molecule has 1 heterocycles. The summed E-state index contributed by atoms with van der Waals surface area (Å²) in [5.74, 6) is 5.58. The van der Waals surface area contributed by atoms with E-state index in [9.17, 15) is 8.42 Å². The molecule has 0 saturated carbocycles. The summed E-state index contributed by atoms with van der Waals surface area (Å²) in [5, 5.41) is 0. The number of hydrazine groups is 1. The van der Waals surface area contributed by atoms with Gasteiger partial charge in [0.15, 0.2) is 0 Å². The van der Waals surface area contributed by atoms with Crippen LogP contribution in [0.5, 0.6) is 0 Å². The van der Waals surface area contributed by atoms with Gasteiger partial charge in [-0.25, -0.2) is 8.42 Å². The van der Waals surface area contributed by atoms with Crippen molar-refractivity contribution in [1.82, 2.24) is 5.43 Å². The number of nitrogens with one attached hydrogen (secondary N) is 1. The molecule has 0 fully saturated rings. The number of hydrogen-bond acceptors (Lipinski definition) is 5. The molecule has 1 atom stereocenters. The molecular weight excluding hydrogens is 303 g/mol. The minimum atomic E-state index is -2.94. The molecule has 0 bridgehead atoms. The maximum absolute atomic E-state index is 11.0. The van der Waals surface area contributed by atoms with Crippen LogP contribution in [-0.4, -0.2) is 20.4 Å². The summed E-state index contributed by atoms with van der Waals surface area (Å²) in [7, 11) is -2.94. The zero-order chi connectivity index (χ0) is 13.1. The zero-order valence-electron chi connectivity index (χ0n) is 9.24. The Labute approximate surface area is 115 Å². The summed E-state index contributed by atoms with van der Waals surface area (Å²) >= 11 is 13.1. The van der Waals surface area contributed by atoms with E-state index in [4.69, 9.17) is 29.0 Å². The van der Waals surface area contributed by atoms with Crippen molar-refractivity contribution in [1.29, 1.82) is 0 Å². The Morgan fingerprint density at radius 1 is 1.53 bits per heavy atom. The normalized spacial score (nSPS) is 13.9. The number of nitrogens with two attached hydrogens (primary N) is 1. The second-order valence-electron chi connectivity index (χ2n) is 3.77. The summed E-state index contributed by atoms with van der Waals surface area (Å²) in [5.41, 5.74) is 3.44. The highest BCUT2D eigenvalue weighted by Crippen LogP contribution is 2.36. The van der Waals surface area contributed by atoms with E-state index in [2.05, 4.69) is 5.43 Å². The third-order valence-corrected chi connectivity index (χ3v) is 4.82. The van der Waals surface area contributed by atoms with E-state index in [1.54, 1.807) is 6.07 Å². The molecule has 8 heteroatoms. The Hall–Kier alpha value is 0.150. The van der Waals surface area contributed by atoms with Crippen LogP contribution in [0.1, 0.15) is 24.4 Å². The lowest BCUT2D eigenvalue weighted by Crippen LogP contribution is -2.28. The minimum Gasteiger partial charge on any atom is -0.271 e. The first-order valence-corrected chi connectivity index (χ1v) is 8.55. The third-order valence-electron chi connectivity index (χ3n) is 2.27. The SMILES string of the molecule is CS(=O)(=O)CCCC(NN)c1cc(Cl)sc1Cl. The van der Waals surface area contributed by atoms with Crippen molar-refractivity contribution in [2.24, 2.45) is 5.84 Å². The Morgan fingerprint density at radius 2 is 2.18 bits per heavy atom. The fourth-order valence-electron chi connectivity index (χ4n) is 1.47. The van der Waals surface area contributed by atoms with Gasteiger partial charge < -0.3 is 0 Å². The van der Waals surface area contributed by atoms with Crippen LogP contribution in [0.4, 0.5) is 0 Å². The number of rotatable bonds is 6. The van der Waals surface area contributed by atoms with Crippen molar-refractivity contribution in [3.8, 4) is 0 Å². The summed E-state index contributed by atoms with van der Waals surface area (Å²) in [6.07, 6.45) is 2.33. The topological polar surface area (TPSA) is 72.2 Å². The van der Waals surface area contributed by atoms with Gasteiger partial charge >= 0.3 is 0 Å². The molecule has 0 aromatic carbocycles. The van der Waals surface area contributed by atoms with Crippen LogP contribution < -0.4 is 11.3 Å². The van der Waals surface area contributed by atoms with Crippen molar-refractivity contribution in [2.75, 3.05) is 12.0 Å². The first kappa shape index (κ1) is 15.2. The van der Waals surface area contributed by atoms with E-state index in [-0.39, 0.29) is 11.8 Å². The van der Waals surface area contributed by atoms with Gasteiger partial charge in [-0.1, -0.05) is 23.2 Å². The molecule has 1 rings (SSSR count). The van der Waals surface area contributed by atoms with E-state index in [1.165, 1.54) is 17.6 Å². The maximum Gasteiger partial charge on any atom is 0.147 e. The van der Waals surface area contributed by atoms with E-state index >= 15 is 0 Å². The van der Waals surface area contributed by atoms with E-state index in [0.29, 0.717) is 21.5 Å². The van der Waals surface area contributed by atoms with Gasteiger partial charge in [0.2, 0.25) is 0 Å². The van der Waals surface area contributed by atoms with Crippen LogP contribution in [0.25, 0.3) is 0 Å². The molecule has 0 radical (unpaired) electrons. The minimum absolute atomic E-state index is 0.140. The lowest BCUT2D eigenvalue weighted by molar-refractivity contribution is 0.509. The van der Waals surface area contributed by atoms with Crippen molar-refractivity contribution >= 4 is 44.4 Å². The van der Waals surface area contributed by atoms with Gasteiger partial charge in [0.05, 0.1) is 8.67 Å². The Kier molecular flexibility index (Phi) is 5.69. The second-order valence-corrected chi connectivity index (χ2v) is 8.32. The summed E-state index contributed by atoms with van der Waals surface area (Å²) in [6.45, 7) is 0. The first-order chi connectivity index (χ1) is 7.83. The molecular formula is C9H14Cl2N2O2S2. The molecule has 0 spiro atoms.